The zero-order valence-corrected chi connectivity index (χ0v) is 38.8. The number of aliphatic hydroxyl groups is 2. The molecule has 0 aliphatic rings. The number of rotatable bonds is 44. The van der Waals surface area contributed by atoms with Crippen molar-refractivity contribution in [3.63, 3.8) is 0 Å². The van der Waals surface area contributed by atoms with Gasteiger partial charge in [-0.15, -0.1) is 0 Å². The number of carbonyl (C=O) groups excluding carboxylic acids is 2. The van der Waals surface area contributed by atoms with Gasteiger partial charge < -0.3 is 24.6 Å². The zero-order chi connectivity index (χ0) is 44.0. The second-order valence-electron chi connectivity index (χ2n) is 15.8. The molecular weight excluding hydrogens is 780 g/mol. The number of unbranched alkanes of at least 4 members (excludes halogenated alkanes) is 20. The Bertz CT molecular complexity index is 1180. The number of esters is 2. The van der Waals surface area contributed by atoms with Crippen molar-refractivity contribution in [2.24, 2.45) is 0 Å². The third kappa shape index (κ3) is 43.7. The Balaban J connectivity index is 4.29. The fourth-order valence-electron chi connectivity index (χ4n) is 6.32. The lowest BCUT2D eigenvalue weighted by Gasteiger charge is -2.20. The van der Waals surface area contributed by atoms with E-state index in [-0.39, 0.29) is 19.4 Å². The molecule has 10 nitrogen and oxygen atoms in total. The lowest BCUT2D eigenvalue weighted by atomic mass is 10.0. The molecule has 60 heavy (non-hydrogen) atoms. The number of hydrogen-bond donors (Lipinski definition) is 3. The van der Waals surface area contributed by atoms with Gasteiger partial charge in [0.25, 0.3) is 0 Å². The number of allylic oxidation sites excluding steroid dienone is 10. The Labute approximate surface area is 366 Å². The Kier molecular flexibility index (Phi) is 43.0. The molecule has 0 bridgehead atoms. The second kappa shape index (κ2) is 44.7. The Hall–Kier alpha value is -2.33. The van der Waals surface area contributed by atoms with Gasteiger partial charge in [-0.1, -0.05) is 197 Å². The van der Waals surface area contributed by atoms with E-state index >= 15 is 0 Å². The standard InChI is InChI=1S/C49H87O10P/c1-3-5-7-9-11-13-15-17-19-21-22-23-25-26-28-30-32-34-36-38-40-48(52)56-44-47(45-58-60(54,55)57-43-46(51)42-50)59-49(53)41-39-37-35-33-31-29-27-24-20-18-16-14-12-10-8-6-4-2/h6,8,12,14,18,20,27,29,33,35,46-47,50-51H,3-5,7,9-11,13,15-17,19,21-26,28,30-32,34,36-45H2,1-2H3,(H,54,55)/b8-6-,14-12-,20-18-,29-27-,35-33-. The highest BCUT2D eigenvalue weighted by Gasteiger charge is 2.27. The molecule has 0 saturated heterocycles. The van der Waals surface area contributed by atoms with E-state index < -0.39 is 51.8 Å². The maximum absolute atomic E-state index is 12.6. The van der Waals surface area contributed by atoms with Gasteiger partial charge in [0.2, 0.25) is 0 Å². The summed E-state index contributed by atoms with van der Waals surface area (Å²) in [6.07, 6.45) is 50.6. The van der Waals surface area contributed by atoms with Crippen LogP contribution in [0.3, 0.4) is 0 Å². The topological polar surface area (TPSA) is 149 Å². The summed E-state index contributed by atoms with van der Waals surface area (Å²) < 4.78 is 32.7. The summed E-state index contributed by atoms with van der Waals surface area (Å²) in [5.74, 6) is -0.989. The predicted octanol–water partition coefficient (Wildman–Crippen LogP) is 13.1. The molecule has 0 amide bonds. The molecule has 0 radical (unpaired) electrons. The maximum atomic E-state index is 12.6. The molecule has 0 fully saturated rings. The molecule has 0 aromatic carbocycles. The Morgan fingerprint density at radius 1 is 0.517 bits per heavy atom. The van der Waals surface area contributed by atoms with Gasteiger partial charge in [0, 0.05) is 12.8 Å². The first-order chi connectivity index (χ1) is 29.2. The highest BCUT2D eigenvalue weighted by atomic mass is 31.2. The Morgan fingerprint density at radius 2 is 0.917 bits per heavy atom. The molecule has 0 aliphatic heterocycles. The van der Waals surface area contributed by atoms with Crippen molar-refractivity contribution in [1.29, 1.82) is 0 Å². The normalized spacial score (nSPS) is 14.3. The third-order valence-corrected chi connectivity index (χ3v) is 10.9. The first-order valence-electron chi connectivity index (χ1n) is 23.7. The van der Waals surface area contributed by atoms with E-state index in [1.807, 2.05) is 12.2 Å². The third-order valence-electron chi connectivity index (χ3n) is 9.94. The van der Waals surface area contributed by atoms with E-state index in [9.17, 15) is 24.2 Å². The van der Waals surface area contributed by atoms with Crippen LogP contribution in [0, 0.1) is 0 Å². The predicted molar refractivity (Wildman–Crippen MR) is 247 cm³/mol. The van der Waals surface area contributed by atoms with Gasteiger partial charge in [-0.25, -0.2) is 4.57 Å². The smallest absolute Gasteiger partial charge is 0.462 e. The first-order valence-corrected chi connectivity index (χ1v) is 25.2. The average molecular weight is 867 g/mol. The van der Waals surface area contributed by atoms with Crippen molar-refractivity contribution in [3.05, 3.63) is 60.8 Å². The SMILES string of the molecule is CC/C=C\C/C=C\C/C=C\C/C=C\C/C=C\CCCC(=O)OC(COC(=O)CCCCCCCCCCCCCCCCCCCCCC)COP(=O)(O)OCC(O)CO. The average Bonchev–Trinajstić information content (AvgIpc) is 3.24. The van der Waals surface area contributed by atoms with Crippen LogP contribution in [0.25, 0.3) is 0 Å². The van der Waals surface area contributed by atoms with Gasteiger partial charge in [0.1, 0.15) is 12.7 Å². The highest BCUT2D eigenvalue weighted by Crippen LogP contribution is 2.43. The maximum Gasteiger partial charge on any atom is 0.472 e. The van der Waals surface area contributed by atoms with Crippen LogP contribution in [0.2, 0.25) is 0 Å². The van der Waals surface area contributed by atoms with Crippen LogP contribution >= 0.6 is 7.82 Å². The minimum absolute atomic E-state index is 0.105. The zero-order valence-electron chi connectivity index (χ0n) is 37.9. The van der Waals surface area contributed by atoms with Gasteiger partial charge >= 0.3 is 19.8 Å². The molecule has 0 aromatic rings. The minimum atomic E-state index is -4.64. The monoisotopic (exact) mass is 867 g/mol. The van der Waals surface area contributed by atoms with E-state index in [1.165, 1.54) is 103 Å². The summed E-state index contributed by atoms with van der Waals surface area (Å²) in [6, 6.07) is 0. The molecule has 0 saturated carbocycles. The molecule has 3 N–H and O–H groups in total. The Morgan fingerprint density at radius 3 is 1.37 bits per heavy atom. The van der Waals surface area contributed by atoms with Crippen LogP contribution in [-0.4, -0.2) is 65.7 Å². The summed E-state index contributed by atoms with van der Waals surface area (Å²) in [6.45, 7) is 2.22. The van der Waals surface area contributed by atoms with Gasteiger partial charge in [0.15, 0.2) is 6.10 Å². The van der Waals surface area contributed by atoms with Crippen molar-refractivity contribution < 1.29 is 47.8 Å². The van der Waals surface area contributed by atoms with E-state index in [0.717, 1.165) is 51.4 Å². The number of phosphoric ester groups is 1. The number of aliphatic hydroxyl groups excluding tert-OH is 2. The summed E-state index contributed by atoms with van der Waals surface area (Å²) >= 11 is 0. The van der Waals surface area contributed by atoms with Crippen LogP contribution in [0.15, 0.2) is 60.8 Å². The molecule has 0 aliphatic carbocycles. The lowest BCUT2D eigenvalue weighted by molar-refractivity contribution is -0.161. The van der Waals surface area contributed by atoms with Crippen LogP contribution < -0.4 is 0 Å². The van der Waals surface area contributed by atoms with Gasteiger partial charge in [-0.3, -0.25) is 18.6 Å². The number of carbonyl (C=O) groups is 2. The van der Waals surface area contributed by atoms with Crippen molar-refractivity contribution >= 4 is 19.8 Å². The largest absolute Gasteiger partial charge is 0.472 e. The number of ether oxygens (including phenoxy) is 2. The van der Waals surface area contributed by atoms with E-state index in [2.05, 4.69) is 62.5 Å². The minimum Gasteiger partial charge on any atom is -0.462 e. The fraction of sp³-hybridized carbons (Fsp3) is 0.755. The molecule has 3 unspecified atom stereocenters. The van der Waals surface area contributed by atoms with Gasteiger partial charge in [-0.05, 0) is 51.4 Å². The van der Waals surface area contributed by atoms with Crippen LogP contribution in [-0.2, 0) is 32.7 Å². The first kappa shape index (κ1) is 57.7. The molecule has 0 rings (SSSR count). The van der Waals surface area contributed by atoms with E-state index in [0.29, 0.717) is 19.3 Å². The van der Waals surface area contributed by atoms with Crippen molar-refractivity contribution in [2.45, 2.75) is 212 Å². The summed E-state index contributed by atoms with van der Waals surface area (Å²) in [4.78, 5) is 35.1. The molecule has 3 atom stereocenters. The van der Waals surface area contributed by atoms with E-state index in [1.54, 1.807) is 0 Å². The summed E-state index contributed by atoms with van der Waals surface area (Å²) in [5.41, 5.74) is 0. The summed E-state index contributed by atoms with van der Waals surface area (Å²) in [5, 5.41) is 18.4. The van der Waals surface area contributed by atoms with Crippen molar-refractivity contribution in [3.8, 4) is 0 Å². The second-order valence-corrected chi connectivity index (χ2v) is 17.2. The number of phosphoric acid groups is 1. The molecular formula is C49H87O10P. The fourth-order valence-corrected chi connectivity index (χ4v) is 7.11. The highest BCUT2D eigenvalue weighted by molar-refractivity contribution is 7.47. The van der Waals surface area contributed by atoms with Crippen LogP contribution in [0.1, 0.15) is 200 Å². The van der Waals surface area contributed by atoms with Crippen molar-refractivity contribution in [1.82, 2.24) is 0 Å². The van der Waals surface area contributed by atoms with Gasteiger partial charge in [0.05, 0.1) is 19.8 Å². The van der Waals surface area contributed by atoms with E-state index in [4.69, 9.17) is 23.6 Å². The molecule has 0 spiro atoms. The molecule has 0 aromatic heterocycles. The van der Waals surface area contributed by atoms with Gasteiger partial charge in [-0.2, -0.15) is 0 Å². The quantitative estimate of drug-likeness (QED) is 0.0234. The molecule has 11 heteroatoms. The number of hydrogen-bond acceptors (Lipinski definition) is 9. The van der Waals surface area contributed by atoms with Crippen LogP contribution in [0.5, 0.6) is 0 Å². The molecule has 348 valence electrons. The molecule has 0 heterocycles. The van der Waals surface area contributed by atoms with Crippen molar-refractivity contribution in [2.75, 3.05) is 26.4 Å². The van der Waals surface area contributed by atoms with Crippen LogP contribution in [0.4, 0.5) is 0 Å². The lowest BCUT2D eigenvalue weighted by Crippen LogP contribution is -2.29. The summed E-state index contributed by atoms with van der Waals surface area (Å²) in [7, 11) is -4.64.